The molecule has 0 bridgehead atoms. The van der Waals surface area contributed by atoms with Crippen LogP contribution >= 0.6 is 0 Å². The van der Waals surface area contributed by atoms with Crippen LogP contribution in [0.2, 0.25) is 0 Å². The normalized spacial score (nSPS) is 13.2. The van der Waals surface area contributed by atoms with Crippen molar-refractivity contribution in [3.63, 3.8) is 0 Å². The minimum atomic E-state index is -0.375. The molecule has 0 radical (unpaired) electrons. The van der Waals surface area contributed by atoms with Crippen LogP contribution in [0.4, 0.5) is 5.69 Å². The van der Waals surface area contributed by atoms with Crippen LogP contribution in [-0.2, 0) is 4.74 Å². The van der Waals surface area contributed by atoms with Gasteiger partial charge >= 0.3 is 0 Å². The first-order valence-corrected chi connectivity index (χ1v) is 8.96. The van der Waals surface area contributed by atoms with Crippen LogP contribution in [0.1, 0.15) is 37.5 Å². The third-order valence-electron chi connectivity index (χ3n) is 4.77. The van der Waals surface area contributed by atoms with E-state index in [-0.39, 0.29) is 23.3 Å². The van der Waals surface area contributed by atoms with Gasteiger partial charge in [0.15, 0.2) is 0 Å². The van der Waals surface area contributed by atoms with Gasteiger partial charge in [-0.05, 0) is 48.9 Å². The van der Waals surface area contributed by atoms with E-state index in [0.717, 1.165) is 10.9 Å². The van der Waals surface area contributed by atoms with Gasteiger partial charge in [0, 0.05) is 48.6 Å². The van der Waals surface area contributed by atoms with Crippen molar-refractivity contribution in [2.45, 2.75) is 6.42 Å². The van der Waals surface area contributed by atoms with E-state index in [1.54, 1.807) is 19.2 Å². The molecular formula is C21H19N3O4. The van der Waals surface area contributed by atoms with Gasteiger partial charge in [-0.1, -0.05) is 0 Å². The SMILES string of the molecule is COCCCN1C(=O)c2ccc(C(=O)Nc3ccc4[nH]ccc4c3)cc2C1=O. The Morgan fingerprint density at radius 1 is 1.07 bits per heavy atom. The Labute approximate surface area is 161 Å². The molecule has 7 heteroatoms. The number of rotatable bonds is 6. The maximum Gasteiger partial charge on any atom is 0.261 e. The fourth-order valence-corrected chi connectivity index (χ4v) is 3.34. The van der Waals surface area contributed by atoms with Crippen LogP contribution in [0, 0.1) is 0 Å². The number of nitrogens with one attached hydrogen (secondary N) is 2. The van der Waals surface area contributed by atoms with E-state index < -0.39 is 0 Å². The topological polar surface area (TPSA) is 91.5 Å². The lowest BCUT2D eigenvalue weighted by Crippen LogP contribution is -2.31. The fraction of sp³-hybridized carbons (Fsp3) is 0.190. The van der Waals surface area contributed by atoms with E-state index in [1.807, 2.05) is 24.4 Å². The van der Waals surface area contributed by atoms with E-state index in [0.29, 0.717) is 36.4 Å². The predicted octanol–water partition coefficient (Wildman–Crippen LogP) is 3.05. The maximum absolute atomic E-state index is 12.6. The summed E-state index contributed by atoms with van der Waals surface area (Å²) in [6, 6.07) is 12.1. The molecule has 1 aliphatic rings. The van der Waals surface area contributed by atoms with Crippen molar-refractivity contribution in [3.8, 4) is 0 Å². The number of aromatic nitrogens is 1. The summed E-state index contributed by atoms with van der Waals surface area (Å²) in [4.78, 5) is 41.9. The van der Waals surface area contributed by atoms with E-state index in [2.05, 4.69) is 10.3 Å². The average molecular weight is 377 g/mol. The van der Waals surface area contributed by atoms with Crippen LogP contribution in [0.5, 0.6) is 0 Å². The summed E-state index contributed by atoms with van der Waals surface area (Å²) in [5.74, 6) is -1.05. The first kappa shape index (κ1) is 17.9. The zero-order valence-electron chi connectivity index (χ0n) is 15.3. The number of fused-ring (bicyclic) bond motifs is 2. The van der Waals surface area contributed by atoms with Gasteiger partial charge in [-0.15, -0.1) is 0 Å². The molecule has 1 aromatic heterocycles. The number of carbonyl (C=O) groups is 3. The zero-order chi connectivity index (χ0) is 19.7. The number of carbonyl (C=O) groups excluding carboxylic acids is 3. The fourth-order valence-electron chi connectivity index (χ4n) is 3.34. The Kier molecular flexibility index (Phi) is 4.67. The third kappa shape index (κ3) is 3.16. The first-order chi connectivity index (χ1) is 13.6. The number of imide groups is 1. The number of H-pyrrole nitrogens is 1. The zero-order valence-corrected chi connectivity index (χ0v) is 15.3. The van der Waals surface area contributed by atoms with Gasteiger partial charge in [0.05, 0.1) is 11.1 Å². The summed E-state index contributed by atoms with van der Waals surface area (Å²) < 4.78 is 4.97. The van der Waals surface area contributed by atoms with Crippen molar-refractivity contribution in [2.24, 2.45) is 0 Å². The number of hydrogen-bond acceptors (Lipinski definition) is 4. The summed E-state index contributed by atoms with van der Waals surface area (Å²) >= 11 is 0. The summed E-state index contributed by atoms with van der Waals surface area (Å²) in [5, 5.41) is 3.82. The number of ether oxygens (including phenoxy) is 1. The average Bonchev–Trinajstić information content (AvgIpc) is 3.26. The number of anilines is 1. The standard InChI is InChI=1S/C21H19N3O4/c1-28-10-2-9-24-20(26)16-5-3-14(12-17(16)21(24)27)19(25)23-15-4-6-18-13(11-15)7-8-22-18/h3-8,11-12,22H,2,9-10H2,1H3,(H,23,25). The largest absolute Gasteiger partial charge is 0.385 e. The van der Waals surface area contributed by atoms with Gasteiger partial charge in [0.2, 0.25) is 0 Å². The lowest BCUT2D eigenvalue weighted by atomic mass is 10.1. The molecule has 0 atom stereocenters. The molecular weight excluding hydrogens is 358 g/mol. The number of hydrogen-bond donors (Lipinski definition) is 2. The first-order valence-electron chi connectivity index (χ1n) is 8.96. The quantitative estimate of drug-likeness (QED) is 0.510. The molecule has 0 unspecified atom stereocenters. The van der Waals surface area contributed by atoms with E-state index >= 15 is 0 Å². The number of benzene rings is 2. The highest BCUT2D eigenvalue weighted by atomic mass is 16.5. The van der Waals surface area contributed by atoms with Gasteiger partial charge < -0.3 is 15.0 Å². The Morgan fingerprint density at radius 3 is 2.71 bits per heavy atom. The molecule has 3 amide bonds. The molecule has 1 aliphatic heterocycles. The van der Waals surface area contributed by atoms with Gasteiger partial charge in [-0.2, -0.15) is 0 Å². The maximum atomic E-state index is 12.6. The van der Waals surface area contributed by atoms with Gasteiger partial charge in [0.1, 0.15) is 0 Å². The van der Waals surface area contributed by atoms with Gasteiger partial charge in [0.25, 0.3) is 17.7 Å². The second kappa shape index (κ2) is 7.28. The van der Waals surface area contributed by atoms with Crippen molar-refractivity contribution in [1.29, 1.82) is 0 Å². The molecule has 142 valence electrons. The number of aromatic amines is 1. The monoisotopic (exact) mass is 377 g/mol. The van der Waals surface area contributed by atoms with Crippen molar-refractivity contribution in [2.75, 3.05) is 25.6 Å². The third-order valence-corrected chi connectivity index (χ3v) is 4.77. The molecule has 0 aliphatic carbocycles. The molecule has 2 N–H and O–H groups in total. The van der Waals surface area contributed by atoms with Crippen molar-refractivity contribution in [3.05, 3.63) is 65.4 Å². The van der Waals surface area contributed by atoms with Gasteiger partial charge in [-0.3, -0.25) is 19.3 Å². The van der Waals surface area contributed by atoms with E-state index in [1.165, 1.54) is 17.0 Å². The van der Waals surface area contributed by atoms with Crippen LogP contribution < -0.4 is 5.32 Å². The molecule has 3 aromatic rings. The van der Waals surface area contributed by atoms with Crippen molar-refractivity contribution >= 4 is 34.3 Å². The number of amides is 3. The van der Waals surface area contributed by atoms with Crippen LogP contribution in [0.15, 0.2) is 48.7 Å². The number of nitrogens with zero attached hydrogens (tertiary/aromatic N) is 1. The van der Waals surface area contributed by atoms with Crippen LogP contribution in [-0.4, -0.2) is 47.9 Å². The summed E-state index contributed by atoms with van der Waals surface area (Å²) in [7, 11) is 1.57. The Morgan fingerprint density at radius 2 is 1.89 bits per heavy atom. The Hall–Kier alpha value is -3.45. The molecule has 2 heterocycles. The van der Waals surface area contributed by atoms with Crippen LogP contribution in [0.25, 0.3) is 10.9 Å². The van der Waals surface area contributed by atoms with Crippen molar-refractivity contribution < 1.29 is 19.1 Å². The lowest BCUT2D eigenvalue weighted by molar-refractivity contribution is 0.0638. The minimum Gasteiger partial charge on any atom is -0.385 e. The molecule has 4 rings (SSSR count). The summed E-state index contributed by atoms with van der Waals surface area (Å²) in [6.07, 6.45) is 2.40. The molecule has 28 heavy (non-hydrogen) atoms. The molecule has 0 fully saturated rings. The highest BCUT2D eigenvalue weighted by Gasteiger charge is 2.35. The predicted molar refractivity (Wildman–Crippen MR) is 105 cm³/mol. The molecule has 2 aromatic carbocycles. The molecule has 0 saturated carbocycles. The molecule has 0 saturated heterocycles. The van der Waals surface area contributed by atoms with Crippen molar-refractivity contribution in [1.82, 2.24) is 9.88 Å². The van der Waals surface area contributed by atoms with Gasteiger partial charge in [-0.25, -0.2) is 0 Å². The Bertz CT molecular complexity index is 1090. The van der Waals surface area contributed by atoms with Crippen LogP contribution in [0.3, 0.4) is 0 Å². The summed E-state index contributed by atoms with van der Waals surface area (Å²) in [6.45, 7) is 0.755. The second-order valence-corrected chi connectivity index (χ2v) is 6.60. The lowest BCUT2D eigenvalue weighted by Gasteiger charge is -2.12. The number of methoxy groups -OCH3 is 1. The van der Waals surface area contributed by atoms with E-state index in [9.17, 15) is 14.4 Å². The highest BCUT2D eigenvalue weighted by Crippen LogP contribution is 2.25. The highest BCUT2D eigenvalue weighted by molar-refractivity contribution is 6.22. The Balaban J connectivity index is 1.53. The summed E-state index contributed by atoms with van der Waals surface area (Å²) in [5.41, 5.74) is 2.55. The minimum absolute atomic E-state index is 0.260. The van der Waals surface area contributed by atoms with E-state index in [4.69, 9.17) is 4.74 Å². The smallest absolute Gasteiger partial charge is 0.261 e. The second-order valence-electron chi connectivity index (χ2n) is 6.60. The molecule has 7 nitrogen and oxygen atoms in total. The molecule has 0 spiro atoms.